The van der Waals surface area contributed by atoms with Gasteiger partial charge in [0.2, 0.25) is 5.91 Å². The molecule has 0 aromatic rings. The minimum atomic E-state index is -1.29. The van der Waals surface area contributed by atoms with Crippen LogP contribution in [0.5, 0.6) is 0 Å². The summed E-state index contributed by atoms with van der Waals surface area (Å²) < 4.78 is 0. The molecule has 326 valence electrons. The van der Waals surface area contributed by atoms with Crippen LogP contribution in [0, 0.1) is 0 Å². The largest absolute Gasteiger partial charge is 0.394 e. The molecule has 0 aromatic heterocycles. The smallest absolute Gasteiger partial charge is 0.249 e. The summed E-state index contributed by atoms with van der Waals surface area (Å²) >= 11 is 0. The Kier molecular flexibility index (Phi) is 42.9. The van der Waals surface area contributed by atoms with Crippen LogP contribution >= 0.6 is 0 Å². The van der Waals surface area contributed by atoms with Gasteiger partial charge in [-0.25, -0.2) is 0 Å². The average Bonchev–Trinajstić information content (AvgIpc) is 3.19. The Balaban J connectivity index is 3.60. The molecular weight excluding hydrogens is 683 g/mol. The standard InChI is InChI=1S/C49H95NO5/c1-3-5-7-9-11-13-14-15-16-17-18-19-20-21-22-23-24-25-26-27-28-29-30-31-32-33-34-35-37-38-40-42-46(52)48(54)45(44-51)50-49(55)47(53)43-41-39-36-12-10-8-6-4-2/h31-32,35,37,45-48,51-54H,3-30,33-34,36,38-44H2,1-2H3,(H,50,55)/b32-31+,37-35+. The molecule has 1 amide bonds. The summed E-state index contributed by atoms with van der Waals surface area (Å²) in [5.74, 6) is -0.601. The van der Waals surface area contributed by atoms with E-state index in [1.807, 2.05) is 0 Å². The van der Waals surface area contributed by atoms with Gasteiger partial charge in [0.15, 0.2) is 0 Å². The molecule has 0 aliphatic rings. The Morgan fingerprint density at radius 2 is 0.764 bits per heavy atom. The first-order valence-corrected chi connectivity index (χ1v) is 24.2. The molecule has 0 spiro atoms. The molecule has 0 saturated heterocycles. The molecule has 0 aliphatic heterocycles. The first-order chi connectivity index (χ1) is 27.0. The summed E-state index contributed by atoms with van der Waals surface area (Å²) in [6, 6.07) is -1.00. The normalized spacial score (nSPS) is 14.2. The van der Waals surface area contributed by atoms with Crippen LogP contribution in [0.3, 0.4) is 0 Å². The van der Waals surface area contributed by atoms with E-state index in [-0.39, 0.29) is 0 Å². The van der Waals surface area contributed by atoms with Crippen molar-refractivity contribution in [1.82, 2.24) is 5.32 Å². The third kappa shape index (κ3) is 38.1. The van der Waals surface area contributed by atoms with Gasteiger partial charge < -0.3 is 25.7 Å². The maximum Gasteiger partial charge on any atom is 0.249 e. The lowest BCUT2D eigenvalue weighted by atomic mass is 10.00. The first-order valence-electron chi connectivity index (χ1n) is 24.2. The fourth-order valence-electron chi connectivity index (χ4n) is 7.54. The molecule has 0 bridgehead atoms. The third-order valence-corrected chi connectivity index (χ3v) is 11.4. The van der Waals surface area contributed by atoms with Crippen LogP contribution < -0.4 is 5.32 Å². The van der Waals surface area contributed by atoms with Crippen LogP contribution in [0.2, 0.25) is 0 Å². The molecule has 0 fully saturated rings. The van der Waals surface area contributed by atoms with Gasteiger partial charge in [-0.05, 0) is 51.4 Å². The number of carbonyl (C=O) groups is 1. The molecule has 0 radical (unpaired) electrons. The SMILES string of the molecule is CCCCCCCCCCCCCCCCCCCCCCCC/C=C/CC/C=C/CCCC(O)C(O)C(CO)NC(=O)C(O)CCCCCCCCCC. The lowest BCUT2D eigenvalue weighted by Gasteiger charge is -2.27. The van der Waals surface area contributed by atoms with E-state index in [0.29, 0.717) is 19.3 Å². The fourth-order valence-corrected chi connectivity index (χ4v) is 7.54. The monoisotopic (exact) mass is 778 g/mol. The van der Waals surface area contributed by atoms with Gasteiger partial charge in [-0.2, -0.15) is 0 Å². The number of allylic oxidation sites excluding steroid dienone is 4. The van der Waals surface area contributed by atoms with E-state index in [9.17, 15) is 25.2 Å². The second kappa shape index (κ2) is 43.9. The summed E-state index contributed by atoms with van der Waals surface area (Å²) in [7, 11) is 0. The number of nitrogens with one attached hydrogen (secondary N) is 1. The van der Waals surface area contributed by atoms with Crippen molar-refractivity contribution in [3.05, 3.63) is 24.3 Å². The molecule has 0 saturated carbocycles. The van der Waals surface area contributed by atoms with Gasteiger partial charge in [-0.15, -0.1) is 0 Å². The van der Waals surface area contributed by atoms with Gasteiger partial charge in [-0.3, -0.25) is 4.79 Å². The molecule has 4 atom stereocenters. The number of aliphatic hydroxyl groups excluding tert-OH is 4. The summed E-state index contributed by atoms with van der Waals surface area (Å²) in [6.45, 7) is 4.00. The minimum Gasteiger partial charge on any atom is -0.394 e. The van der Waals surface area contributed by atoms with Crippen LogP contribution in [0.4, 0.5) is 0 Å². The number of rotatable bonds is 44. The van der Waals surface area contributed by atoms with Crippen LogP contribution in [-0.4, -0.2) is 57.3 Å². The molecular formula is C49H95NO5. The molecule has 6 nitrogen and oxygen atoms in total. The highest BCUT2D eigenvalue weighted by atomic mass is 16.3. The van der Waals surface area contributed by atoms with E-state index >= 15 is 0 Å². The summed E-state index contributed by atoms with van der Waals surface area (Å²) in [4.78, 5) is 12.4. The van der Waals surface area contributed by atoms with Crippen LogP contribution in [0.1, 0.15) is 251 Å². The Hall–Kier alpha value is -1.21. The van der Waals surface area contributed by atoms with E-state index in [1.165, 1.54) is 180 Å². The number of carbonyl (C=O) groups excluding carboxylic acids is 1. The number of hydrogen-bond donors (Lipinski definition) is 5. The fraction of sp³-hybridized carbons (Fsp3) is 0.898. The van der Waals surface area contributed by atoms with Gasteiger partial charge in [0.05, 0.1) is 18.8 Å². The second-order valence-electron chi connectivity index (χ2n) is 16.8. The highest BCUT2D eigenvalue weighted by Gasteiger charge is 2.28. The molecule has 55 heavy (non-hydrogen) atoms. The van der Waals surface area contributed by atoms with Gasteiger partial charge in [0.25, 0.3) is 0 Å². The van der Waals surface area contributed by atoms with Crippen LogP contribution in [-0.2, 0) is 4.79 Å². The first kappa shape index (κ1) is 53.8. The summed E-state index contributed by atoms with van der Waals surface area (Å²) in [6.07, 6.45) is 51.3. The van der Waals surface area contributed by atoms with Crippen LogP contribution in [0.25, 0.3) is 0 Å². The maximum atomic E-state index is 12.4. The zero-order valence-electron chi connectivity index (χ0n) is 36.7. The predicted molar refractivity (Wildman–Crippen MR) is 237 cm³/mol. The molecule has 0 rings (SSSR count). The van der Waals surface area contributed by atoms with Gasteiger partial charge >= 0.3 is 0 Å². The van der Waals surface area contributed by atoms with E-state index in [4.69, 9.17) is 0 Å². The third-order valence-electron chi connectivity index (χ3n) is 11.4. The summed E-state index contributed by atoms with van der Waals surface area (Å²) in [5, 5.41) is 43.4. The predicted octanol–water partition coefficient (Wildman–Crippen LogP) is 13.1. The Labute approximate surface area is 342 Å². The van der Waals surface area contributed by atoms with E-state index in [1.54, 1.807) is 0 Å². The lowest BCUT2D eigenvalue weighted by molar-refractivity contribution is -0.132. The minimum absolute atomic E-state index is 0.361. The van der Waals surface area contributed by atoms with Crippen molar-refractivity contribution in [3.8, 4) is 0 Å². The van der Waals surface area contributed by atoms with Crippen molar-refractivity contribution < 1.29 is 25.2 Å². The molecule has 5 N–H and O–H groups in total. The molecule has 0 heterocycles. The molecule has 0 aliphatic carbocycles. The Morgan fingerprint density at radius 3 is 1.15 bits per heavy atom. The highest BCUT2D eigenvalue weighted by molar-refractivity contribution is 5.80. The number of hydrogen-bond acceptors (Lipinski definition) is 5. The molecule has 0 aromatic carbocycles. The topological polar surface area (TPSA) is 110 Å². The number of unbranched alkanes of at least 4 members (excludes halogenated alkanes) is 31. The van der Waals surface area contributed by atoms with Crippen molar-refractivity contribution in [2.45, 2.75) is 276 Å². The van der Waals surface area contributed by atoms with Gasteiger partial charge in [0.1, 0.15) is 12.2 Å². The molecule has 4 unspecified atom stereocenters. The van der Waals surface area contributed by atoms with Crippen molar-refractivity contribution in [2.75, 3.05) is 6.61 Å². The zero-order valence-corrected chi connectivity index (χ0v) is 36.7. The number of amides is 1. The van der Waals surface area contributed by atoms with E-state index in [2.05, 4.69) is 43.5 Å². The van der Waals surface area contributed by atoms with Gasteiger partial charge in [-0.1, -0.05) is 224 Å². The Bertz CT molecular complexity index is 832. The maximum absolute atomic E-state index is 12.4. The average molecular weight is 778 g/mol. The van der Waals surface area contributed by atoms with Crippen molar-refractivity contribution in [2.24, 2.45) is 0 Å². The lowest BCUT2D eigenvalue weighted by Crippen LogP contribution is -2.53. The molecule has 6 heteroatoms. The van der Waals surface area contributed by atoms with E-state index in [0.717, 1.165) is 38.5 Å². The van der Waals surface area contributed by atoms with Gasteiger partial charge in [0, 0.05) is 0 Å². The quantitative estimate of drug-likeness (QED) is 0.0313. The summed E-state index contributed by atoms with van der Waals surface area (Å²) in [5.41, 5.74) is 0. The van der Waals surface area contributed by atoms with Crippen molar-refractivity contribution >= 4 is 5.91 Å². The van der Waals surface area contributed by atoms with Crippen molar-refractivity contribution in [3.63, 3.8) is 0 Å². The zero-order chi connectivity index (χ0) is 40.3. The van der Waals surface area contributed by atoms with E-state index < -0.39 is 36.9 Å². The second-order valence-corrected chi connectivity index (χ2v) is 16.8. The van der Waals surface area contributed by atoms with Crippen molar-refractivity contribution in [1.29, 1.82) is 0 Å². The number of aliphatic hydroxyl groups is 4. The van der Waals surface area contributed by atoms with Crippen LogP contribution in [0.15, 0.2) is 24.3 Å². The Morgan fingerprint density at radius 1 is 0.436 bits per heavy atom. The highest BCUT2D eigenvalue weighted by Crippen LogP contribution is 2.16.